The highest BCUT2D eigenvalue weighted by molar-refractivity contribution is 6.68. The molecule has 2 aromatic carbocycles. The van der Waals surface area contributed by atoms with Gasteiger partial charge in [-0.05, 0) is 35.3 Å². The van der Waals surface area contributed by atoms with Crippen molar-refractivity contribution in [2.75, 3.05) is 0 Å². The zero-order valence-corrected chi connectivity index (χ0v) is 14.5. The molecule has 0 saturated heterocycles. The summed E-state index contributed by atoms with van der Waals surface area (Å²) in [4.78, 5) is 22.1. The summed E-state index contributed by atoms with van der Waals surface area (Å²) >= 11 is 10.2. The molecule has 27 heavy (non-hydrogen) atoms. The van der Waals surface area contributed by atoms with Gasteiger partial charge in [0.2, 0.25) is 0 Å². The van der Waals surface area contributed by atoms with Crippen molar-refractivity contribution in [3.63, 3.8) is 0 Å². The Hall–Kier alpha value is -2.06. The van der Waals surface area contributed by atoms with Crippen LogP contribution in [0.4, 0.5) is 26.3 Å². The van der Waals surface area contributed by atoms with Gasteiger partial charge >= 0.3 is 17.8 Å². The number of carbonyl (C=O) groups is 2. The molecule has 144 valence electrons. The molecule has 0 aliphatic rings. The predicted octanol–water partition coefficient (Wildman–Crippen LogP) is 5.96. The van der Waals surface area contributed by atoms with Crippen LogP contribution in [-0.2, 0) is 11.8 Å². The minimum atomic E-state index is -5.91. The highest BCUT2D eigenvalue weighted by Gasteiger charge is 2.72. The van der Waals surface area contributed by atoms with Gasteiger partial charge in [-0.25, -0.2) is 0 Å². The lowest BCUT2D eigenvalue weighted by Gasteiger charge is -2.33. The maximum absolute atomic E-state index is 14.3. The second kappa shape index (κ2) is 7.16. The number of halogens is 8. The van der Waals surface area contributed by atoms with Crippen molar-refractivity contribution in [3.05, 3.63) is 70.8 Å². The molecule has 10 heteroatoms. The molecule has 0 radical (unpaired) electrons. The van der Waals surface area contributed by atoms with Gasteiger partial charge < -0.3 is 0 Å². The number of benzene rings is 2. The van der Waals surface area contributed by atoms with Crippen LogP contribution in [-0.4, -0.2) is 16.4 Å². The van der Waals surface area contributed by atoms with Crippen LogP contribution >= 0.6 is 23.2 Å². The second-order valence-electron chi connectivity index (χ2n) is 5.43. The minimum Gasteiger partial charge on any atom is -0.276 e. The number of carbonyl (C=O) groups excluding carboxylic acids is 2. The van der Waals surface area contributed by atoms with Crippen LogP contribution in [0.1, 0.15) is 31.8 Å². The van der Waals surface area contributed by atoms with Gasteiger partial charge in [0.25, 0.3) is 10.5 Å². The summed E-state index contributed by atoms with van der Waals surface area (Å²) in [5, 5.41) is -2.45. The molecule has 0 spiro atoms. The van der Waals surface area contributed by atoms with E-state index in [-0.39, 0.29) is 0 Å². The van der Waals surface area contributed by atoms with E-state index in [9.17, 15) is 35.9 Å². The molecule has 2 nitrogen and oxygen atoms in total. The lowest BCUT2D eigenvalue weighted by molar-refractivity contribution is -0.321. The standard InChI is InChI=1S/C17H8Cl2F6O2/c18-13(26)9-3-1-5-11(7-9)15(20,21)17(24,25)16(22,23)12-6-2-4-10(8-12)14(19)27/h1-8H. The van der Waals surface area contributed by atoms with Crippen molar-refractivity contribution < 1.29 is 35.9 Å². The summed E-state index contributed by atoms with van der Waals surface area (Å²) in [6.07, 6.45) is 0. The van der Waals surface area contributed by atoms with Crippen LogP contribution in [0, 0.1) is 0 Å². The van der Waals surface area contributed by atoms with Crippen molar-refractivity contribution in [1.82, 2.24) is 0 Å². The van der Waals surface area contributed by atoms with E-state index in [1.807, 2.05) is 0 Å². The molecular weight excluding hydrogens is 421 g/mol. The first-order valence-electron chi connectivity index (χ1n) is 7.06. The van der Waals surface area contributed by atoms with Gasteiger partial charge in [0.15, 0.2) is 0 Å². The molecule has 0 fully saturated rings. The third kappa shape index (κ3) is 3.68. The van der Waals surface area contributed by atoms with Crippen molar-refractivity contribution in [3.8, 4) is 0 Å². The van der Waals surface area contributed by atoms with E-state index in [1.54, 1.807) is 0 Å². The number of hydrogen-bond donors (Lipinski definition) is 0. The molecule has 0 saturated carbocycles. The van der Waals surface area contributed by atoms with Crippen molar-refractivity contribution in [1.29, 1.82) is 0 Å². The third-order valence-corrected chi connectivity index (χ3v) is 4.13. The Morgan fingerprint density at radius 3 is 1.30 bits per heavy atom. The van der Waals surface area contributed by atoms with E-state index in [2.05, 4.69) is 0 Å². The van der Waals surface area contributed by atoms with Gasteiger partial charge in [-0.15, -0.1) is 0 Å². The minimum absolute atomic E-state index is 0.304. The van der Waals surface area contributed by atoms with Gasteiger partial charge in [0.1, 0.15) is 0 Å². The normalized spacial score (nSPS) is 12.7. The first-order chi connectivity index (χ1) is 12.3. The van der Waals surface area contributed by atoms with E-state index in [4.69, 9.17) is 23.2 Å². The Morgan fingerprint density at radius 2 is 1.00 bits per heavy atom. The average molecular weight is 429 g/mol. The first-order valence-corrected chi connectivity index (χ1v) is 7.82. The Labute approximate surface area is 158 Å². The van der Waals surface area contributed by atoms with Crippen LogP contribution in [0.25, 0.3) is 0 Å². The molecule has 0 heterocycles. The number of alkyl halides is 6. The Bertz CT molecular complexity index is 827. The van der Waals surface area contributed by atoms with E-state index < -0.39 is 50.5 Å². The van der Waals surface area contributed by atoms with Gasteiger partial charge in [-0.2, -0.15) is 26.3 Å². The molecule has 2 rings (SSSR count). The fraction of sp³-hybridized carbons (Fsp3) is 0.176. The first kappa shape index (κ1) is 21.2. The largest absolute Gasteiger partial charge is 0.380 e. The predicted molar refractivity (Wildman–Crippen MR) is 86.0 cm³/mol. The van der Waals surface area contributed by atoms with Crippen LogP contribution in [0.15, 0.2) is 48.5 Å². The highest BCUT2D eigenvalue weighted by Crippen LogP contribution is 2.55. The van der Waals surface area contributed by atoms with Gasteiger partial charge in [0.05, 0.1) is 0 Å². The highest BCUT2D eigenvalue weighted by atomic mass is 35.5. The summed E-state index contributed by atoms with van der Waals surface area (Å²) in [5.74, 6) is -16.7. The number of hydrogen-bond acceptors (Lipinski definition) is 2. The Kier molecular flexibility index (Phi) is 5.64. The molecule has 0 N–H and O–H groups in total. The second-order valence-corrected chi connectivity index (χ2v) is 6.12. The summed E-state index contributed by atoms with van der Waals surface area (Å²) < 4.78 is 85.9. The van der Waals surface area contributed by atoms with Crippen LogP contribution in [0.5, 0.6) is 0 Å². The molecule has 0 unspecified atom stereocenters. The summed E-state index contributed by atoms with van der Waals surface area (Å²) in [5.41, 5.74) is -4.18. The molecule has 0 aromatic heterocycles. The van der Waals surface area contributed by atoms with E-state index in [0.717, 1.165) is 24.3 Å². The topological polar surface area (TPSA) is 34.1 Å². The Balaban J connectivity index is 2.57. The van der Waals surface area contributed by atoms with E-state index in [0.29, 0.717) is 24.3 Å². The molecule has 0 atom stereocenters. The zero-order valence-electron chi connectivity index (χ0n) is 13.0. The molecule has 0 bridgehead atoms. The average Bonchev–Trinajstić information content (AvgIpc) is 2.61. The van der Waals surface area contributed by atoms with Crippen LogP contribution < -0.4 is 0 Å². The van der Waals surface area contributed by atoms with E-state index in [1.165, 1.54) is 0 Å². The third-order valence-electron chi connectivity index (χ3n) is 3.69. The van der Waals surface area contributed by atoms with Crippen molar-refractivity contribution in [2.24, 2.45) is 0 Å². The molecule has 2 aromatic rings. The molecule has 0 aliphatic carbocycles. The smallest absolute Gasteiger partial charge is 0.276 e. The summed E-state index contributed by atoms with van der Waals surface area (Å²) in [7, 11) is 0. The molecular formula is C17H8Cl2F6O2. The maximum atomic E-state index is 14.3. The van der Waals surface area contributed by atoms with Crippen LogP contribution in [0.2, 0.25) is 0 Å². The molecule has 0 amide bonds. The monoisotopic (exact) mass is 428 g/mol. The fourth-order valence-electron chi connectivity index (χ4n) is 2.23. The zero-order chi connectivity index (χ0) is 20.6. The van der Waals surface area contributed by atoms with Gasteiger partial charge in [-0.3, -0.25) is 9.59 Å². The quantitative estimate of drug-likeness (QED) is 0.419. The number of rotatable bonds is 6. The van der Waals surface area contributed by atoms with E-state index >= 15 is 0 Å². The van der Waals surface area contributed by atoms with Gasteiger partial charge in [-0.1, -0.05) is 36.4 Å². The maximum Gasteiger partial charge on any atom is 0.380 e. The summed E-state index contributed by atoms with van der Waals surface area (Å²) in [6.45, 7) is 0. The lowest BCUT2D eigenvalue weighted by atomic mass is 9.91. The molecule has 0 aliphatic heterocycles. The SMILES string of the molecule is O=C(Cl)c1cccc(C(F)(F)C(F)(F)C(F)(F)c2cccc(C(=O)Cl)c2)c1. The Morgan fingerprint density at radius 1 is 0.667 bits per heavy atom. The van der Waals surface area contributed by atoms with Gasteiger partial charge in [0, 0.05) is 22.3 Å². The lowest BCUT2D eigenvalue weighted by Crippen LogP contribution is -2.50. The fourth-order valence-corrected chi connectivity index (χ4v) is 2.47. The van der Waals surface area contributed by atoms with Crippen LogP contribution in [0.3, 0.4) is 0 Å². The van der Waals surface area contributed by atoms with Crippen molar-refractivity contribution in [2.45, 2.75) is 17.8 Å². The van der Waals surface area contributed by atoms with Crippen molar-refractivity contribution >= 4 is 33.7 Å². The summed E-state index contributed by atoms with van der Waals surface area (Å²) in [6, 6.07) is 5.06.